The van der Waals surface area contributed by atoms with Crippen molar-refractivity contribution in [3.05, 3.63) is 15.6 Å². The Morgan fingerprint density at radius 1 is 1.42 bits per heavy atom. The summed E-state index contributed by atoms with van der Waals surface area (Å²) < 4.78 is 2.85. The van der Waals surface area contributed by atoms with Crippen molar-refractivity contribution in [2.24, 2.45) is 7.05 Å². The summed E-state index contributed by atoms with van der Waals surface area (Å²) in [6, 6.07) is 0. The number of aromatic amines is 2. The van der Waals surface area contributed by atoms with Gasteiger partial charge in [-0.25, -0.2) is 0 Å². The third-order valence-corrected chi connectivity index (χ3v) is 2.17. The second-order valence-corrected chi connectivity index (χ2v) is 3.26. The van der Waals surface area contributed by atoms with E-state index in [0.29, 0.717) is 9.41 Å². The number of nitrogens with one attached hydrogen (secondary N) is 2. The molecule has 2 aromatic rings. The molecule has 0 unspecified atom stereocenters. The van der Waals surface area contributed by atoms with Crippen LogP contribution in [-0.4, -0.2) is 19.7 Å². The van der Waals surface area contributed by atoms with E-state index in [1.54, 1.807) is 10.9 Å². The van der Waals surface area contributed by atoms with E-state index in [-0.39, 0.29) is 0 Å². The lowest BCUT2D eigenvalue weighted by molar-refractivity contribution is 0.784. The van der Waals surface area contributed by atoms with Crippen molar-refractivity contribution in [3.8, 4) is 0 Å². The third kappa shape index (κ3) is 0.997. The maximum Gasteiger partial charge on any atom is 0.177 e. The van der Waals surface area contributed by atoms with Gasteiger partial charge >= 0.3 is 0 Å². The molecule has 0 atom stereocenters. The van der Waals surface area contributed by atoms with Crippen molar-refractivity contribution in [1.29, 1.82) is 0 Å². The fourth-order valence-corrected chi connectivity index (χ4v) is 1.58. The molecule has 0 aromatic carbocycles. The summed E-state index contributed by atoms with van der Waals surface area (Å²) in [6.45, 7) is 0. The minimum atomic E-state index is 0.524. The van der Waals surface area contributed by atoms with Crippen LogP contribution in [0.1, 0.15) is 0 Å². The van der Waals surface area contributed by atoms with Crippen molar-refractivity contribution in [2.45, 2.75) is 0 Å². The molecule has 0 aliphatic carbocycles. The Labute approximate surface area is 78.2 Å². The molecule has 2 N–H and O–H groups in total. The lowest BCUT2D eigenvalue weighted by Gasteiger charge is -1.93. The summed E-state index contributed by atoms with van der Waals surface area (Å²) in [7, 11) is 1.84. The summed E-state index contributed by atoms with van der Waals surface area (Å²) in [5, 5.41) is 4.94. The van der Waals surface area contributed by atoms with E-state index < -0.39 is 0 Å². The Bertz CT molecular complexity index is 532. The maximum absolute atomic E-state index is 5.06. The Hall–Kier alpha value is -1.01. The average Bonchev–Trinajstić information content (AvgIpc) is 2.33. The fourth-order valence-electron chi connectivity index (χ4n) is 1.06. The van der Waals surface area contributed by atoms with Gasteiger partial charge in [0.05, 0.1) is 11.6 Å². The molecular weight excluding hydrogens is 192 g/mol. The highest BCUT2D eigenvalue weighted by molar-refractivity contribution is 7.72. The Morgan fingerprint density at radius 2 is 2.17 bits per heavy atom. The summed E-state index contributed by atoms with van der Waals surface area (Å²) in [4.78, 5) is 5.82. The van der Waals surface area contributed by atoms with Gasteiger partial charge in [0.15, 0.2) is 4.77 Å². The van der Waals surface area contributed by atoms with Crippen LogP contribution in [-0.2, 0) is 7.05 Å². The van der Waals surface area contributed by atoms with E-state index in [4.69, 9.17) is 24.4 Å². The number of aromatic nitrogens is 4. The lowest BCUT2D eigenvalue weighted by atomic mass is 10.4. The standard InChI is InChI=1S/C6H6N4S2/c1-10-4-3(2-7-10)5(11)9-6(12)8-4/h2H,1H3,(H2,8,9,11,12). The fraction of sp³-hybridized carbons (Fsp3) is 0.167. The van der Waals surface area contributed by atoms with E-state index in [1.165, 1.54) is 0 Å². The van der Waals surface area contributed by atoms with Gasteiger partial charge in [0.25, 0.3) is 0 Å². The van der Waals surface area contributed by atoms with E-state index >= 15 is 0 Å². The first-order chi connectivity index (χ1) is 5.68. The molecule has 2 rings (SSSR count). The molecule has 0 radical (unpaired) electrons. The maximum atomic E-state index is 5.06. The quantitative estimate of drug-likeness (QED) is 0.633. The zero-order valence-corrected chi connectivity index (χ0v) is 7.92. The first-order valence-electron chi connectivity index (χ1n) is 3.33. The molecule has 12 heavy (non-hydrogen) atoms. The minimum absolute atomic E-state index is 0.524. The highest BCUT2D eigenvalue weighted by Crippen LogP contribution is 2.08. The van der Waals surface area contributed by atoms with Gasteiger partial charge < -0.3 is 9.97 Å². The van der Waals surface area contributed by atoms with Gasteiger partial charge in [-0.15, -0.1) is 0 Å². The second kappa shape index (κ2) is 2.49. The second-order valence-electron chi connectivity index (χ2n) is 2.44. The van der Waals surface area contributed by atoms with Crippen LogP contribution in [0.3, 0.4) is 0 Å². The van der Waals surface area contributed by atoms with Crippen molar-refractivity contribution >= 4 is 35.5 Å². The number of aryl methyl sites for hydroxylation is 1. The van der Waals surface area contributed by atoms with Crippen molar-refractivity contribution < 1.29 is 0 Å². The van der Waals surface area contributed by atoms with E-state index in [9.17, 15) is 0 Å². The molecule has 6 heteroatoms. The van der Waals surface area contributed by atoms with Crippen molar-refractivity contribution in [3.63, 3.8) is 0 Å². The van der Waals surface area contributed by atoms with Crippen molar-refractivity contribution in [2.75, 3.05) is 0 Å². The molecule has 0 saturated heterocycles. The zero-order chi connectivity index (χ0) is 8.72. The van der Waals surface area contributed by atoms with Crippen molar-refractivity contribution in [1.82, 2.24) is 19.7 Å². The smallest absolute Gasteiger partial charge is 0.177 e. The lowest BCUT2D eigenvalue weighted by Crippen LogP contribution is -1.92. The molecule has 0 amide bonds. The SMILES string of the molecule is Cn1ncc2c(=S)[nH]c(=S)[nH]c21. The molecule has 4 nitrogen and oxygen atoms in total. The van der Waals surface area contributed by atoms with Gasteiger partial charge in [-0.05, 0) is 12.2 Å². The summed E-state index contributed by atoms with van der Waals surface area (Å²) in [5.74, 6) is 0. The number of fused-ring (bicyclic) bond motifs is 1. The highest BCUT2D eigenvalue weighted by Gasteiger charge is 1.99. The molecule has 62 valence electrons. The van der Waals surface area contributed by atoms with Gasteiger partial charge in [-0.2, -0.15) is 5.10 Å². The van der Waals surface area contributed by atoms with Crippen LogP contribution in [0, 0.1) is 9.41 Å². The topological polar surface area (TPSA) is 49.4 Å². The number of H-pyrrole nitrogens is 2. The summed E-state index contributed by atoms with van der Waals surface area (Å²) in [5.41, 5.74) is 0.851. The predicted octanol–water partition coefficient (Wildman–Crippen LogP) is 1.69. The molecule has 0 spiro atoms. The monoisotopic (exact) mass is 198 g/mol. The Morgan fingerprint density at radius 3 is 2.92 bits per heavy atom. The highest BCUT2D eigenvalue weighted by atomic mass is 32.1. The average molecular weight is 198 g/mol. The Kier molecular flexibility index (Phi) is 1.59. The number of nitrogens with zero attached hydrogens (tertiary/aromatic N) is 2. The van der Waals surface area contributed by atoms with Crippen LogP contribution in [0.4, 0.5) is 0 Å². The third-order valence-electron chi connectivity index (χ3n) is 1.64. The minimum Gasteiger partial charge on any atom is -0.323 e. The van der Waals surface area contributed by atoms with Crippen LogP contribution in [0.2, 0.25) is 0 Å². The van der Waals surface area contributed by atoms with Crippen LogP contribution in [0.5, 0.6) is 0 Å². The summed E-state index contributed by atoms with van der Waals surface area (Å²) in [6.07, 6.45) is 1.71. The molecule has 0 aliphatic heterocycles. The number of hydrogen-bond donors (Lipinski definition) is 2. The summed E-state index contributed by atoms with van der Waals surface area (Å²) >= 11 is 9.99. The van der Waals surface area contributed by atoms with Gasteiger partial charge in [0.2, 0.25) is 0 Å². The normalized spacial score (nSPS) is 10.8. The largest absolute Gasteiger partial charge is 0.323 e. The number of hydrogen-bond acceptors (Lipinski definition) is 3. The molecule has 2 aromatic heterocycles. The van der Waals surface area contributed by atoms with Crippen LogP contribution >= 0.6 is 24.4 Å². The van der Waals surface area contributed by atoms with Crippen LogP contribution < -0.4 is 0 Å². The van der Waals surface area contributed by atoms with Gasteiger partial charge in [-0.3, -0.25) is 4.68 Å². The number of rotatable bonds is 0. The molecule has 0 saturated carbocycles. The molecule has 0 fully saturated rings. The Balaban J connectivity index is 3.13. The van der Waals surface area contributed by atoms with E-state index in [0.717, 1.165) is 11.0 Å². The van der Waals surface area contributed by atoms with Gasteiger partial charge in [-0.1, -0.05) is 12.2 Å². The van der Waals surface area contributed by atoms with E-state index in [2.05, 4.69) is 15.1 Å². The first kappa shape index (κ1) is 7.63. The molecule has 0 bridgehead atoms. The van der Waals surface area contributed by atoms with Gasteiger partial charge in [0, 0.05) is 7.05 Å². The molecular formula is C6H6N4S2. The predicted molar refractivity (Wildman–Crippen MR) is 51.1 cm³/mol. The molecule has 2 heterocycles. The zero-order valence-electron chi connectivity index (χ0n) is 6.29. The van der Waals surface area contributed by atoms with Crippen LogP contribution in [0.15, 0.2) is 6.20 Å². The molecule has 0 aliphatic rings. The first-order valence-corrected chi connectivity index (χ1v) is 4.14. The van der Waals surface area contributed by atoms with Crippen LogP contribution in [0.25, 0.3) is 11.0 Å². The van der Waals surface area contributed by atoms with E-state index in [1.807, 2.05) is 7.05 Å². The van der Waals surface area contributed by atoms with Gasteiger partial charge in [0.1, 0.15) is 10.3 Å².